The molecule has 3 heterocycles. The van der Waals surface area contributed by atoms with Crippen molar-refractivity contribution >= 4 is 29.4 Å². The normalized spacial score (nSPS) is 18.0. The van der Waals surface area contributed by atoms with Gasteiger partial charge in [0.05, 0.1) is 31.9 Å². The number of benzene rings is 1. The molecular formula is C22H25F4N7O5. The van der Waals surface area contributed by atoms with E-state index in [1.807, 2.05) is 5.32 Å². The predicted octanol–water partition coefficient (Wildman–Crippen LogP) is 1.50. The molecule has 1 aromatic carbocycles. The molecule has 206 valence electrons. The van der Waals surface area contributed by atoms with Gasteiger partial charge in [0.25, 0.3) is 5.91 Å². The minimum Gasteiger partial charge on any atom is -0.442 e. The molecule has 0 radical (unpaired) electrons. The SMILES string of the molecule is Cc1cc(CNC(=O)N2CCN(c3c(F)cc(N4CC(CNC(=O)C(F)F)OC4=O)cc3F)CCN2)no1. The maximum atomic E-state index is 15.1. The number of nitrogens with zero attached hydrogens (tertiary/aromatic N) is 4. The van der Waals surface area contributed by atoms with Crippen LogP contribution in [0.25, 0.3) is 0 Å². The number of urea groups is 1. The summed E-state index contributed by atoms with van der Waals surface area (Å²) >= 11 is 0. The average molecular weight is 543 g/mol. The van der Waals surface area contributed by atoms with E-state index in [4.69, 9.17) is 9.26 Å². The van der Waals surface area contributed by atoms with E-state index < -0.39 is 42.2 Å². The zero-order chi connectivity index (χ0) is 27.4. The summed E-state index contributed by atoms with van der Waals surface area (Å²) in [6, 6.07) is 3.15. The van der Waals surface area contributed by atoms with E-state index in [1.54, 1.807) is 13.0 Å². The lowest BCUT2D eigenvalue weighted by atomic mass is 10.2. The molecule has 3 N–H and O–H groups in total. The van der Waals surface area contributed by atoms with Crippen molar-refractivity contribution in [3.8, 4) is 0 Å². The summed E-state index contributed by atoms with van der Waals surface area (Å²) in [6.07, 6.45) is -5.13. The third kappa shape index (κ3) is 6.24. The summed E-state index contributed by atoms with van der Waals surface area (Å²) in [7, 11) is 0. The van der Waals surface area contributed by atoms with Crippen LogP contribution in [0.2, 0.25) is 0 Å². The van der Waals surface area contributed by atoms with Gasteiger partial charge in [-0.2, -0.15) is 8.78 Å². The molecule has 2 fully saturated rings. The number of ether oxygens (including phenoxy) is 1. The molecular weight excluding hydrogens is 518 g/mol. The van der Waals surface area contributed by atoms with Gasteiger partial charge in [0, 0.05) is 37.8 Å². The standard InChI is InChI=1S/C22H25F4N7O5/c1-12-6-13(30-38-12)9-28-21(35)33-5-4-31(3-2-29-33)18-16(23)7-14(8-17(18)24)32-11-15(37-22(32)36)10-27-20(34)19(25)26/h6-8,15,19,29H,2-5,9-11H2,1H3,(H,27,34)(H,28,35). The van der Waals surface area contributed by atoms with Crippen molar-refractivity contribution in [3.05, 3.63) is 41.3 Å². The second-order valence-corrected chi connectivity index (χ2v) is 8.55. The Morgan fingerprint density at radius 3 is 2.55 bits per heavy atom. The topological polar surface area (TPSA) is 132 Å². The van der Waals surface area contributed by atoms with Crippen molar-refractivity contribution in [1.29, 1.82) is 0 Å². The van der Waals surface area contributed by atoms with Crippen LogP contribution in [0, 0.1) is 18.6 Å². The Morgan fingerprint density at radius 2 is 1.89 bits per heavy atom. The van der Waals surface area contributed by atoms with Gasteiger partial charge in [-0.3, -0.25) is 14.7 Å². The monoisotopic (exact) mass is 543 g/mol. The first kappa shape index (κ1) is 27.0. The summed E-state index contributed by atoms with van der Waals surface area (Å²) in [6.45, 7) is 1.88. The van der Waals surface area contributed by atoms with E-state index >= 15 is 8.78 Å². The number of carbonyl (C=O) groups is 3. The molecule has 38 heavy (non-hydrogen) atoms. The lowest BCUT2D eigenvalue weighted by Crippen LogP contribution is -2.48. The molecule has 1 aromatic heterocycles. The largest absolute Gasteiger partial charge is 0.442 e. The quantitative estimate of drug-likeness (QED) is 0.448. The van der Waals surface area contributed by atoms with Crippen LogP contribution in [0.5, 0.6) is 0 Å². The maximum absolute atomic E-state index is 15.1. The van der Waals surface area contributed by atoms with E-state index in [0.29, 0.717) is 11.5 Å². The highest BCUT2D eigenvalue weighted by Crippen LogP contribution is 2.31. The van der Waals surface area contributed by atoms with Crippen molar-refractivity contribution in [1.82, 2.24) is 26.2 Å². The number of anilines is 2. The average Bonchev–Trinajstić information content (AvgIpc) is 3.37. The molecule has 4 rings (SSSR count). The van der Waals surface area contributed by atoms with Crippen LogP contribution in [0.3, 0.4) is 0 Å². The van der Waals surface area contributed by atoms with E-state index in [1.165, 1.54) is 9.91 Å². The number of alkyl halides is 2. The Hall–Kier alpha value is -4.08. The third-order valence-corrected chi connectivity index (χ3v) is 5.83. The minimum atomic E-state index is -3.22. The Balaban J connectivity index is 1.36. The van der Waals surface area contributed by atoms with Crippen molar-refractivity contribution in [3.63, 3.8) is 0 Å². The second-order valence-electron chi connectivity index (χ2n) is 8.55. The Bertz CT molecular complexity index is 1170. The lowest BCUT2D eigenvalue weighted by Gasteiger charge is -2.25. The summed E-state index contributed by atoms with van der Waals surface area (Å²) in [4.78, 5) is 38.1. The summed E-state index contributed by atoms with van der Waals surface area (Å²) in [5.41, 5.74) is 2.98. The van der Waals surface area contributed by atoms with Gasteiger partial charge in [0.15, 0.2) is 11.6 Å². The van der Waals surface area contributed by atoms with Crippen LogP contribution in [0.1, 0.15) is 11.5 Å². The number of carbonyl (C=O) groups excluding carboxylic acids is 3. The van der Waals surface area contributed by atoms with Crippen LogP contribution in [0.4, 0.5) is 38.5 Å². The van der Waals surface area contributed by atoms with Gasteiger partial charge in [0.2, 0.25) is 0 Å². The molecule has 0 aliphatic carbocycles. The molecule has 2 aliphatic rings. The van der Waals surface area contributed by atoms with Crippen LogP contribution < -0.4 is 25.9 Å². The molecule has 2 aliphatic heterocycles. The van der Waals surface area contributed by atoms with Gasteiger partial charge < -0.3 is 24.8 Å². The van der Waals surface area contributed by atoms with Crippen molar-refractivity contribution < 1.29 is 41.2 Å². The van der Waals surface area contributed by atoms with Crippen LogP contribution >= 0.6 is 0 Å². The van der Waals surface area contributed by atoms with Gasteiger partial charge in [-0.1, -0.05) is 5.16 Å². The Morgan fingerprint density at radius 1 is 1.16 bits per heavy atom. The van der Waals surface area contributed by atoms with Gasteiger partial charge in [-0.25, -0.2) is 23.8 Å². The zero-order valence-corrected chi connectivity index (χ0v) is 20.2. The smallest absolute Gasteiger partial charge is 0.414 e. The lowest BCUT2D eigenvalue weighted by molar-refractivity contribution is -0.132. The molecule has 16 heteroatoms. The molecule has 0 saturated carbocycles. The highest BCUT2D eigenvalue weighted by molar-refractivity contribution is 5.90. The van der Waals surface area contributed by atoms with E-state index in [9.17, 15) is 23.2 Å². The molecule has 0 bridgehead atoms. The molecule has 2 aromatic rings. The molecule has 0 spiro atoms. The molecule has 4 amide bonds. The molecule has 1 atom stereocenters. The molecule has 2 saturated heterocycles. The number of aromatic nitrogens is 1. The molecule has 1 unspecified atom stereocenters. The fourth-order valence-corrected chi connectivity index (χ4v) is 4.03. The summed E-state index contributed by atoms with van der Waals surface area (Å²) < 4.78 is 64.8. The number of cyclic esters (lactones) is 1. The van der Waals surface area contributed by atoms with Gasteiger partial charge in [0.1, 0.15) is 23.2 Å². The van der Waals surface area contributed by atoms with Crippen molar-refractivity contribution in [2.24, 2.45) is 0 Å². The second kappa shape index (κ2) is 11.5. The first-order chi connectivity index (χ1) is 18.1. The number of aryl methyl sites for hydroxylation is 1. The van der Waals surface area contributed by atoms with Gasteiger partial charge in [-0.15, -0.1) is 0 Å². The predicted molar refractivity (Wildman–Crippen MR) is 123 cm³/mol. The number of hydrogen-bond acceptors (Lipinski definition) is 8. The van der Waals surface area contributed by atoms with Gasteiger partial charge in [-0.05, 0) is 6.92 Å². The Labute approximate surface area is 213 Å². The minimum absolute atomic E-state index is 0.105. The zero-order valence-electron chi connectivity index (χ0n) is 20.2. The van der Waals surface area contributed by atoms with Gasteiger partial charge >= 0.3 is 18.5 Å². The fraction of sp³-hybridized carbons (Fsp3) is 0.455. The summed E-state index contributed by atoms with van der Waals surface area (Å²) in [5.74, 6) is -2.80. The van der Waals surface area contributed by atoms with Crippen molar-refractivity contribution in [2.75, 3.05) is 49.1 Å². The number of hydrazine groups is 1. The fourth-order valence-electron chi connectivity index (χ4n) is 4.03. The van der Waals surface area contributed by atoms with E-state index in [-0.39, 0.29) is 57.2 Å². The number of nitrogens with one attached hydrogen (secondary N) is 3. The molecule has 12 nitrogen and oxygen atoms in total. The first-order valence-corrected chi connectivity index (χ1v) is 11.6. The maximum Gasteiger partial charge on any atom is 0.414 e. The van der Waals surface area contributed by atoms with E-state index in [0.717, 1.165) is 17.0 Å². The number of amides is 4. The van der Waals surface area contributed by atoms with Crippen LogP contribution in [0.15, 0.2) is 22.7 Å². The highest BCUT2D eigenvalue weighted by atomic mass is 19.3. The van der Waals surface area contributed by atoms with E-state index in [2.05, 4.69) is 15.9 Å². The third-order valence-electron chi connectivity index (χ3n) is 5.83. The first-order valence-electron chi connectivity index (χ1n) is 11.6. The Kier molecular flexibility index (Phi) is 8.19. The number of rotatable bonds is 7. The van der Waals surface area contributed by atoms with Crippen molar-refractivity contribution in [2.45, 2.75) is 26.0 Å². The summed E-state index contributed by atoms with van der Waals surface area (Å²) in [5, 5.41) is 9.70. The highest BCUT2D eigenvalue weighted by Gasteiger charge is 2.34. The number of hydrogen-bond donors (Lipinski definition) is 3. The number of halogens is 4. The van der Waals surface area contributed by atoms with Crippen LogP contribution in [-0.2, 0) is 16.1 Å². The van der Waals surface area contributed by atoms with Crippen LogP contribution in [-0.4, -0.2) is 80.0 Å².